The molecule has 0 spiro atoms. The number of aromatic nitrogens is 3. The molecule has 6 nitrogen and oxygen atoms in total. The van der Waals surface area contributed by atoms with Gasteiger partial charge in [0.25, 0.3) is 0 Å². The van der Waals surface area contributed by atoms with Crippen LogP contribution in [0.15, 0.2) is 83.5 Å². The van der Waals surface area contributed by atoms with Gasteiger partial charge in [-0.1, -0.05) is 23.3 Å². The zero-order chi connectivity index (χ0) is 27.4. The fraction of sp³-hybridized carbons (Fsp3) is 0.258. The van der Waals surface area contributed by atoms with Gasteiger partial charge >= 0.3 is 0 Å². The number of hydrogen-bond donors (Lipinski definition) is 0. The highest BCUT2D eigenvalue weighted by Crippen LogP contribution is 2.51. The summed E-state index contributed by atoms with van der Waals surface area (Å²) in [5, 5.41) is 3.85. The molecule has 0 unspecified atom stereocenters. The number of carbonyl (C=O) groups is 1. The number of Topliss-reactive ketones (excluding diaryl/α,β-unsaturated/α-hetero) is 1. The van der Waals surface area contributed by atoms with E-state index in [1.54, 1.807) is 59.5 Å². The number of benzene rings is 2. The van der Waals surface area contributed by atoms with Crippen molar-refractivity contribution in [2.24, 2.45) is 5.41 Å². The molecular formula is C31H28FN3O3S. The normalized spacial score (nSPS) is 20.6. The lowest BCUT2D eigenvalue weighted by Crippen LogP contribution is -2.45. The van der Waals surface area contributed by atoms with Crippen LogP contribution < -0.4 is 0 Å². The number of allylic oxidation sites excluding steroid dienone is 1. The van der Waals surface area contributed by atoms with E-state index in [2.05, 4.69) is 10.1 Å². The number of halogens is 1. The standard InChI is InChI=1S/C31H28FN3O3S/c1-20-3-10-26(11-4-20)39(37,38)27-12-5-23-16-29-22(19-34-35(29)25-8-6-24(32)7-9-25)17-31(23,18-27)30(36)28-15-21(2)13-14-33-28/h3-4,6-11,13-16,19,27H,5,12,17-18H2,1-2H3/t27-,31-/m0/s1. The molecule has 1 saturated carbocycles. The number of fused-ring (bicyclic) bond motifs is 2. The number of aryl methyl sites for hydroxylation is 2. The third kappa shape index (κ3) is 4.33. The maximum Gasteiger partial charge on any atom is 0.191 e. The average Bonchev–Trinajstić information content (AvgIpc) is 3.34. The molecule has 4 aromatic rings. The quantitative estimate of drug-likeness (QED) is 0.296. The van der Waals surface area contributed by atoms with Crippen LogP contribution in [-0.2, 0) is 16.3 Å². The number of ketones is 1. The molecule has 0 bridgehead atoms. The minimum atomic E-state index is -3.67. The van der Waals surface area contributed by atoms with Crippen LogP contribution in [0.4, 0.5) is 4.39 Å². The first kappa shape index (κ1) is 25.4. The summed E-state index contributed by atoms with van der Waals surface area (Å²) in [4.78, 5) is 19.0. The van der Waals surface area contributed by atoms with E-state index in [1.165, 1.54) is 12.1 Å². The van der Waals surface area contributed by atoms with E-state index >= 15 is 0 Å². The van der Waals surface area contributed by atoms with Crippen LogP contribution in [0.25, 0.3) is 11.8 Å². The van der Waals surface area contributed by atoms with Gasteiger partial charge in [-0.15, -0.1) is 0 Å². The van der Waals surface area contributed by atoms with Gasteiger partial charge in [-0.2, -0.15) is 5.10 Å². The second kappa shape index (κ2) is 9.38. The minimum absolute atomic E-state index is 0.165. The first-order chi connectivity index (χ1) is 18.7. The molecule has 0 N–H and O–H groups in total. The van der Waals surface area contributed by atoms with Crippen LogP contribution in [0.3, 0.4) is 0 Å². The number of rotatable bonds is 5. The molecular weight excluding hydrogens is 513 g/mol. The van der Waals surface area contributed by atoms with E-state index in [4.69, 9.17) is 0 Å². The summed E-state index contributed by atoms with van der Waals surface area (Å²) in [6, 6.07) is 16.6. The van der Waals surface area contributed by atoms with Crippen LogP contribution >= 0.6 is 0 Å². The Kier molecular flexibility index (Phi) is 6.10. The monoisotopic (exact) mass is 541 g/mol. The van der Waals surface area contributed by atoms with Gasteiger partial charge in [-0.25, -0.2) is 17.5 Å². The number of pyridine rings is 1. The van der Waals surface area contributed by atoms with Gasteiger partial charge in [0.2, 0.25) is 0 Å². The second-order valence-corrected chi connectivity index (χ2v) is 12.9. The predicted octanol–water partition coefficient (Wildman–Crippen LogP) is 5.86. The van der Waals surface area contributed by atoms with Crippen molar-refractivity contribution < 1.29 is 17.6 Å². The maximum absolute atomic E-state index is 14.3. The lowest BCUT2D eigenvalue weighted by Gasteiger charge is -2.43. The Morgan fingerprint density at radius 3 is 2.49 bits per heavy atom. The van der Waals surface area contributed by atoms with Crippen molar-refractivity contribution in [1.29, 1.82) is 0 Å². The molecule has 2 heterocycles. The van der Waals surface area contributed by atoms with Gasteiger partial charge < -0.3 is 0 Å². The molecule has 2 aliphatic carbocycles. The lowest BCUT2D eigenvalue weighted by molar-refractivity contribution is 0.0796. The van der Waals surface area contributed by atoms with Crippen LogP contribution in [0.1, 0.15) is 52.1 Å². The first-order valence-electron chi connectivity index (χ1n) is 13.0. The highest BCUT2D eigenvalue weighted by molar-refractivity contribution is 7.92. The fourth-order valence-electron chi connectivity index (χ4n) is 5.94. The van der Waals surface area contributed by atoms with Crippen molar-refractivity contribution in [3.63, 3.8) is 0 Å². The Bertz CT molecular complexity index is 1720. The van der Waals surface area contributed by atoms with Crippen molar-refractivity contribution in [1.82, 2.24) is 14.8 Å². The molecule has 1 fully saturated rings. The van der Waals surface area contributed by atoms with Crippen LogP contribution in [-0.4, -0.2) is 34.2 Å². The first-order valence-corrected chi connectivity index (χ1v) is 14.5. The summed E-state index contributed by atoms with van der Waals surface area (Å²) >= 11 is 0. The Morgan fingerprint density at radius 1 is 1.03 bits per heavy atom. The highest BCUT2D eigenvalue weighted by atomic mass is 32.2. The van der Waals surface area contributed by atoms with Gasteiger partial charge in [0.15, 0.2) is 15.6 Å². The molecule has 2 atom stereocenters. The molecule has 2 aromatic carbocycles. The molecule has 0 amide bonds. The number of sulfone groups is 1. The van der Waals surface area contributed by atoms with Crippen molar-refractivity contribution in [2.45, 2.75) is 49.7 Å². The summed E-state index contributed by atoms with van der Waals surface area (Å²) in [5.74, 6) is -0.497. The van der Waals surface area contributed by atoms with Crippen LogP contribution in [0.2, 0.25) is 0 Å². The molecule has 39 heavy (non-hydrogen) atoms. The fourth-order valence-corrected chi connectivity index (χ4v) is 7.78. The minimum Gasteiger partial charge on any atom is -0.291 e. The van der Waals surface area contributed by atoms with Crippen LogP contribution in [0.5, 0.6) is 0 Å². The third-order valence-corrected chi connectivity index (χ3v) is 10.3. The van der Waals surface area contributed by atoms with Gasteiger partial charge in [-0.05, 0) is 105 Å². The SMILES string of the molecule is Cc1ccc(S(=O)(=O)[C@H]2CCC3=Cc4c(cnn4-c4ccc(F)cc4)C[C@]3(C(=O)c3cc(C)ccn3)C2)cc1. The third-order valence-electron chi connectivity index (χ3n) is 8.06. The van der Waals surface area contributed by atoms with Crippen LogP contribution in [0, 0.1) is 25.1 Å². The van der Waals surface area contributed by atoms with E-state index in [9.17, 15) is 17.6 Å². The van der Waals surface area contributed by atoms with Crippen molar-refractivity contribution >= 4 is 21.7 Å². The molecule has 6 rings (SSSR count). The van der Waals surface area contributed by atoms with Gasteiger partial charge in [0, 0.05) is 6.20 Å². The van der Waals surface area contributed by atoms with E-state index in [0.29, 0.717) is 30.6 Å². The highest BCUT2D eigenvalue weighted by Gasteiger charge is 2.52. The Labute approximate surface area is 227 Å². The van der Waals surface area contributed by atoms with Gasteiger partial charge in [0.1, 0.15) is 11.5 Å². The second-order valence-electron chi connectivity index (χ2n) is 10.6. The summed E-state index contributed by atoms with van der Waals surface area (Å²) in [5.41, 5.74) is 4.46. The Balaban J connectivity index is 1.46. The predicted molar refractivity (Wildman–Crippen MR) is 147 cm³/mol. The smallest absolute Gasteiger partial charge is 0.191 e. The summed E-state index contributed by atoms with van der Waals surface area (Å²) in [6.45, 7) is 3.83. The summed E-state index contributed by atoms with van der Waals surface area (Å²) < 4.78 is 42.9. The van der Waals surface area contributed by atoms with Gasteiger partial charge in [-0.3, -0.25) is 9.78 Å². The zero-order valence-electron chi connectivity index (χ0n) is 21.8. The molecule has 2 aromatic heterocycles. The molecule has 0 radical (unpaired) electrons. The number of nitrogens with zero attached hydrogens (tertiary/aromatic N) is 3. The van der Waals surface area contributed by atoms with Crippen molar-refractivity contribution in [3.8, 4) is 5.69 Å². The average molecular weight is 542 g/mol. The van der Waals surface area contributed by atoms with E-state index < -0.39 is 20.5 Å². The van der Waals surface area contributed by atoms with E-state index in [0.717, 1.165) is 28.0 Å². The molecule has 198 valence electrons. The van der Waals surface area contributed by atoms with E-state index in [1.807, 2.05) is 26.0 Å². The Morgan fingerprint density at radius 2 is 1.77 bits per heavy atom. The van der Waals surface area contributed by atoms with Crippen molar-refractivity contribution in [2.75, 3.05) is 0 Å². The molecule has 2 aliphatic rings. The molecule has 0 saturated heterocycles. The molecule has 0 aliphatic heterocycles. The zero-order valence-corrected chi connectivity index (χ0v) is 22.6. The van der Waals surface area contributed by atoms with Crippen molar-refractivity contribution in [3.05, 3.63) is 113 Å². The topological polar surface area (TPSA) is 81.9 Å². The number of carbonyl (C=O) groups excluding carboxylic acids is 1. The molecule has 8 heteroatoms. The summed E-state index contributed by atoms with van der Waals surface area (Å²) in [6.07, 6.45) is 6.70. The summed E-state index contributed by atoms with van der Waals surface area (Å²) in [7, 11) is -3.67. The lowest BCUT2D eigenvalue weighted by atomic mass is 9.61. The largest absolute Gasteiger partial charge is 0.291 e. The van der Waals surface area contributed by atoms with Gasteiger partial charge in [0.05, 0.1) is 33.1 Å². The Hall–Kier alpha value is -3.91. The number of hydrogen-bond acceptors (Lipinski definition) is 5. The maximum atomic E-state index is 14.3. The van der Waals surface area contributed by atoms with E-state index in [-0.39, 0.29) is 22.9 Å².